The van der Waals surface area contributed by atoms with E-state index in [1.807, 2.05) is 30.3 Å². The monoisotopic (exact) mass is 403 g/mol. The number of anilines is 2. The third kappa shape index (κ3) is 3.30. The fraction of sp³-hybridized carbons (Fsp3) is 0.273. The fourth-order valence-corrected chi connectivity index (χ4v) is 3.99. The Labute approximate surface area is 173 Å². The fourth-order valence-electron chi connectivity index (χ4n) is 3.99. The Balaban J connectivity index is 1.23. The van der Waals surface area contributed by atoms with Crippen molar-refractivity contribution in [1.29, 1.82) is 0 Å². The summed E-state index contributed by atoms with van der Waals surface area (Å²) in [5.41, 5.74) is 2.46. The lowest BCUT2D eigenvalue weighted by Gasteiger charge is -2.34. The predicted octanol–water partition coefficient (Wildman–Crippen LogP) is 2.23. The highest BCUT2D eigenvalue weighted by Crippen LogP contribution is 2.28. The second-order valence-corrected chi connectivity index (χ2v) is 7.37. The summed E-state index contributed by atoms with van der Waals surface area (Å²) in [6, 6.07) is 14.9. The number of benzene rings is 1. The molecule has 8 heteroatoms. The number of para-hydroxylation sites is 1. The molecule has 3 aromatic rings. The minimum Gasteiger partial charge on any atom is -0.459 e. The summed E-state index contributed by atoms with van der Waals surface area (Å²) in [6.45, 7) is 3.11. The van der Waals surface area contributed by atoms with Gasteiger partial charge in [0.05, 0.1) is 6.26 Å². The summed E-state index contributed by atoms with van der Waals surface area (Å²) in [7, 11) is 0. The topological polar surface area (TPSA) is 82.8 Å². The summed E-state index contributed by atoms with van der Waals surface area (Å²) in [5.74, 6) is 0.832. The molecule has 0 radical (unpaired) electrons. The van der Waals surface area contributed by atoms with E-state index in [1.165, 1.54) is 11.8 Å². The van der Waals surface area contributed by atoms with Crippen LogP contribution in [0.1, 0.15) is 26.6 Å². The van der Waals surface area contributed by atoms with Gasteiger partial charge in [-0.15, -0.1) is 10.2 Å². The number of nitrogens with zero attached hydrogens (tertiary/aromatic N) is 5. The third-order valence-electron chi connectivity index (χ3n) is 5.62. The molecule has 1 fully saturated rings. The Bertz CT molecular complexity index is 1060. The molecule has 0 saturated carbocycles. The highest BCUT2D eigenvalue weighted by Gasteiger charge is 2.27. The van der Waals surface area contributed by atoms with E-state index in [4.69, 9.17) is 4.42 Å². The van der Waals surface area contributed by atoms with Gasteiger partial charge in [-0.05, 0) is 42.3 Å². The van der Waals surface area contributed by atoms with E-state index in [0.717, 1.165) is 12.1 Å². The molecule has 2 aromatic heterocycles. The van der Waals surface area contributed by atoms with Gasteiger partial charge in [0.15, 0.2) is 17.3 Å². The van der Waals surface area contributed by atoms with Gasteiger partial charge in [0, 0.05) is 38.4 Å². The van der Waals surface area contributed by atoms with Crippen LogP contribution in [0.2, 0.25) is 0 Å². The first-order valence-electron chi connectivity index (χ1n) is 10.0. The number of aromatic nitrogens is 2. The maximum absolute atomic E-state index is 12.9. The van der Waals surface area contributed by atoms with Crippen molar-refractivity contribution in [2.24, 2.45) is 0 Å². The molecule has 1 aromatic carbocycles. The van der Waals surface area contributed by atoms with Gasteiger partial charge in [-0.25, -0.2) is 0 Å². The molecule has 1 saturated heterocycles. The van der Waals surface area contributed by atoms with Crippen LogP contribution in [0, 0.1) is 0 Å². The van der Waals surface area contributed by atoms with Gasteiger partial charge in [-0.1, -0.05) is 18.2 Å². The van der Waals surface area contributed by atoms with E-state index in [2.05, 4.69) is 15.1 Å². The number of hydrogen-bond acceptors (Lipinski definition) is 6. The largest absolute Gasteiger partial charge is 0.459 e. The van der Waals surface area contributed by atoms with Crippen LogP contribution >= 0.6 is 0 Å². The van der Waals surface area contributed by atoms with Crippen molar-refractivity contribution >= 4 is 23.3 Å². The van der Waals surface area contributed by atoms with Crippen molar-refractivity contribution < 1.29 is 14.0 Å². The zero-order valence-electron chi connectivity index (χ0n) is 16.4. The molecule has 0 atom stereocenters. The van der Waals surface area contributed by atoms with Crippen molar-refractivity contribution in [2.75, 3.05) is 42.5 Å². The number of amides is 2. The number of hydrogen-bond donors (Lipinski definition) is 0. The van der Waals surface area contributed by atoms with Crippen LogP contribution in [-0.4, -0.2) is 59.6 Å². The summed E-state index contributed by atoms with van der Waals surface area (Å²) >= 11 is 0. The average molecular weight is 403 g/mol. The number of carbonyl (C=O) groups excluding carboxylic acids is 2. The van der Waals surface area contributed by atoms with Gasteiger partial charge in [-0.2, -0.15) is 0 Å². The van der Waals surface area contributed by atoms with Crippen molar-refractivity contribution in [1.82, 2.24) is 15.1 Å². The lowest BCUT2D eigenvalue weighted by atomic mass is 10.2. The molecular formula is C22H21N5O3. The van der Waals surface area contributed by atoms with E-state index >= 15 is 0 Å². The van der Waals surface area contributed by atoms with Crippen LogP contribution in [-0.2, 0) is 6.42 Å². The second-order valence-electron chi connectivity index (χ2n) is 7.37. The molecular weight excluding hydrogens is 382 g/mol. The van der Waals surface area contributed by atoms with Crippen LogP contribution in [0.4, 0.5) is 11.5 Å². The maximum atomic E-state index is 12.9. The smallest absolute Gasteiger partial charge is 0.289 e. The summed E-state index contributed by atoms with van der Waals surface area (Å²) in [6.07, 6.45) is 2.36. The maximum Gasteiger partial charge on any atom is 0.289 e. The molecule has 0 bridgehead atoms. The minimum atomic E-state index is -0.132. The van der Waals surface area contributed by atoms with Gasteiger partial charge in [-0.3, -0.25) is 9.59 Å². The Morgan fingerprint density at radius 1 is 0.833 bits per heavy atom. The molecule has 0 spiro atoms. The van der Waals surface area contributed by atoms with Gasteiger partial charge in [0.2, 0.25) is 0 Å². The SMILES string of the molecule is O=C(c1ccco1)N1CCN(c2ccc(C(=O)N3CCc4ccccc43)nn2)CC1. The first kappa shape index (κ1) is 18.4. The van der Waals surface area contributed by atoms with Crippen LogP contribution in [0.15, 0.2) is 59.2 Å². The van der Waals surface area contributed by atoms with Crippen LogP contribution in [0.5, 0.6) is 0 Å². The minimum absolute atomic E-state index is 0.0995. The molecule has 0 N–H and O–H groups in total. The Kier molecular flexibility index (Phi) is 4.66. The van der Waals surface area contributed by atoms with Gasteiger partial charge in [0.1, 0.15) is 0 Å². The molecule has 0 aliphatic carbocycles. The second kappa shape index (κ2) is 7.62. The zero-order chi connectivity index (χ0) is 20.5. The highest BCUT2D eigenvalue weighted by atomic mass is 16.3. The zero-order valence-corrected chi connectivity index (χ0v) is 16.4. The standard InChI is InChI=1S/C22H21N5O3/c28-21(27-10-9-16-4-1-2-5-18(16)27)17-7-8-20(24-23-17)25-11-13-26(14-12-25)22(29)19-6-3-15-30-19/h1-8,15H,9-14H2. The van der Waals surface area contributed by atoms with E-state index in [1.54, 1.807) is 28.0 Å². The summed E-state index contributed by atoms with van der Waals surface area (Å²) < 4.78 is 5.20. The van der Waals surface area contributed by atoms with Crippen molar-refractivity contribution in [3.05, 3.63) is 71.8 Å². The molecule has 0 unspecified atom stereocenters. The third-order valence-corrected chi connectivity index (χ3v) is 5.62. The molecule has 2 aliphatic rings. The Hall–Kier alpha value is -3.68. The summed E-state index contributed by atoms with van der Waals surface area (Å²) in [5, 5.41) is 8.46. The van der Waals surface area contributed by atoms with Crippen molar-refractivity contribution in [2.45, 2.75) is 6.42 Å². The van der Waals surface area contributed by atoms with Gasteiger partial charge < -0.3 is 19.1 Å². The van der Waals surface area contributed by atoms with Crippen molar-refractivity contribution in [3.8, 4) is 0 Å². The number of rotatable bonds is 3. The quantitative estimate of drug-likeness (QED) is 0.667. The molecule has 2 amide bonds. The molecule has 4 heterocycles. The van der Waals surface area contributed by atoms with Gasteiger partial charge >= 0.3 is 0 Å². The summed E-state index contributed by atoms with van der Waals surface area (Å²) in [4.78, 5) is 30.9. The normalized spacial score (nSPS) is 15.9. The Morgan fingerprint density at radius 2 is 1.67 bits per heavy atom. The lowest BCUT2D eigenvalue weighted by molar-refractivity contribution is 0.0714. The van der Waals surface area contributed by atoms with E-state index in [9.17, 15) is 9.59 Å². The van der Waals surface area contributed by atoms with E-state index in [0.29, 0.717) is 50.0 Å². The van der Waals surface area contributed by atoms with Gasteiger partial charge in [0.25, 0.3) is 11.8 Å². The number of piperazine rings is 1. The Morgan fingerprint density at radius 3 is 2.40 bits per heavy atom. The first-order chi connectivity index (χ1) is 14.7. The lowest BCUT2D eigenvalue weighted by Crippen LogP contribution is -2.49. The van der Waals surface area contributed by atoms with Crippen LogP contribution in [0.25, 0.3) is 0 Å². The number of fused-ring (bicyclic) bond motifs is 1. The molecule has 8 nitrogen and oxygen atoms in total. The number of carbonyl (C=O) groups is 2. The molecule has 5 rings (SSSR count). The molecule has 152 valence electrons. The highest BCUT2D eigenvalue weighted by molar-refractivity contribution is 6.06. The average Bonchev–Trinajstić information content (AvgIpc) is 3.49. The van der Waals surface area contributed by atoms with E-state index in [-0.39, 0.29) is 11.8 Å². The predicted molar refractivity (Wildman–Crippen MR) is 111 cm³/mol. The first-order valence-corrected chi connectivity index (χ1v) is 10.0. The molecule has 30 heavy (non-hydrogen) atoms. The van der Waals surface area contributed by atoms with Crippen LogP contribution in [0.3, 0.4) is 0 Å². The van der Waals surface area contributed by atoms with E-state index < -0.39 is 0 Å². The number of furan rings is 1. The van der Waals surface area contributed by atoms with Crippen LogP contribution < -0.4 is 9.80 Å². The van der Waals surface area contributed by atoms with Crippen molar-refractivity contribution in [3.63, 3.8) is 0 Å². The molecule has 2 aliphatic heterocycles.